The van der Waals surface area contributed by atoms with Crippen LogP contribution in [0.5, 0.6) is 0 Å². The highest BCUT2D eigenvalue weighted by atomic mass is 32.2. The van der Waals surface area contributed by atoms with Gasteiger partial charge in [-0.25, -0.2) is 4.98 Å². The van der Waals surface area contributed by atoms with Crippen molar-refractivity contribution in [1.29, 1.82) is 0 Å². The summed E-state index contributed by atoms with van der Waals surface area (Å²) >= 11 is 3.02. The monoisotopic (exact) mass is 407 g/mol. The Morgan fingerprint density at radius 1 is 1.30 bits per heavy atom. The van der Waals surface area contributed by atoms with Gasteiger partial charge >= 0.3 is 0 Å². The number of carbonyl (C=O) groups excluding carboxylic acids is 1. The predicted molar refractivity (Wildman–Crippen MR) is 114 cm³/mol. The van der Waals surface area contributed by atoms with Crippen molar-refractivity contribution < 1.29 is 4.79 Å². The number of amides is 1. The Labute approximate surface area is 169 Å². The Morgan fingerprint density at radius 3 is 2.70 bits per heavy atom. The number of aryl methyl sites for hydroxylation is 2. The smallest absolute Gasteiger partial charge is 0.262 e. The van der Waals surface area contributed by atoms with Crippen LogP contribution in [-0.4, -0.2) is 39.2 Å². The fourth-order valence-corrected chi connectivity index (χ4v) is 5.91. The van der Waals surface area contributed by atoms with E-state index < -0.39 is 0 Å². The van der Waals surface area contributed by atoms with Crippen molar-refractivity contribution in [2.45, 2.75) is 64.1 Å². The van der Waals surface area contributed by atoms with Crippen molar-refractivity contribution in [3.05, 3.63) is 20.8 Å². The molecule has 27 heavy (non-hydrogen) atoms. The number of nitrogens with zero attached hydrogens (tertiary/aromatic N) is 3. The maximum Gasteiger partial charge on any atom is 0.262 e. The van der Waals surface area contributed by atoms with E-state index in [2.05, 4.69) is 20.8 Å². The quantitative estimate of drug-likeness (QED) is 0.539. The fourth-order valence-electron chi connectivity index (χ4n) is 3.71. The third-order valence-electron chi connectivity index (χ3n) is 5.35. The normalized spacial score (nSPS) is 15.2. The van der Waals surface area contributed by atoms with Crippen LogP contribution in [0.4, 0.5) is 0 Å². The van der Waals surface area contributed by atoms with Gasteiger partial charge < -0.3 is 4.90 Å². The Kier molecular flexibility index (Phi) is 6.31. The molecule has 0 N–H and O–H groups in total. The van der Waals surface area contributed by atoms with Gasteiger partial charge in [0.1, 0.15) is 4.83 Å². The van der Waals surface area contributed by atoms with E-state index in [1.807, 2.05) is 11.9 Å². The summed E-state index contributed by atoms with van der Waals surface area (Å²) in [5.41, 5.74) is 1.24. The number of thioether (sulfide) groups is 1. The third kappa shape index (κ3) is 4.24. The molecule has 0 fully saturated rings. The number of hydrogen-bond acceptors (Lipinski definition) is 5. The molecule has 0 bridgehead atoms. The molecule has 2 aromatic rings. The largest absolute Gasteiger partial charge is 0.342 e. The van der Waals surface area contributed by atoms with Crippen molar-refractivity contribution in [3.8, 4) is 0 Å². The van der Waals surface area contributed by atoms with E-state index in [0.29, 0.717) is 16.8 Å². The van der Waals surface area contributed by atoms with E-state index in [-0.39, 0.29) is 17.5 Å². The van der Waals surface area contributed by atoms with Gasteiger partial charge in [0.2, 0.25) is 5.91 Å². The van der Waals surface area contributed by atoms with E-state index >= 15 is 0 Å². The zero-order valence-electron chi connectivity index (χ0n) is 16.9. The molecule has 0 aromatic carbocycles. The number of hydrogen-bond donors (Lipinski definition) is 0. The van der Waals surface area contributed by atoms with Gasteiger partial charge in [0, 0.05) is 25.0 Å². The van der Waals surface area contributed by atoms with Crippen molar-refractivity contribution in [1.82, 2.24) is 14.5 Å². The number of rotatable bonds is 6. The number of thiophene rings is 1. The van der Waals surface area contributed by atoms with E-state index in [1.54, 1.807) is 23.0 Å². The molecule has 3 rings (SSSR count). The minimum atomic E-state index is 0.0240. The molecule has 7 heteroatoms. The standard InChI is InChI=1S/C20H29N3O2S2/c1-12(2)10-13(3)22(4)16(24)11-26-20-21-18-17(19(25)23(20)5)14-8-6-7-9-15(14)27-18/h12-13H,6-11H2,1-5H3. The number of fused-ring (bicyclic) bond motifs is 3. The van der Waals surface area contributed by atoms with E-state index in [0.717, 1.165) is 35.9 Å². The molecule has 1 aliphatic carbocycles. The molecule has 0 aliphatic heterocycles. The summed E-state index contributed by atoms with van der Waals surface area (Å²) in [6.45, 7) is 6.41. The first-order valence-corrected chi connectivity index (χ1v) is 11.5. The third-order valence-corrected chi connectivity index (χ3v) is 7.55. The van der Waals surface area contributed by atoms with Gasteiger partial charge in [0.15, 0.2) is 5.16 Å². The van der Waals surface area contributed by atoms with Crippen LogP contribution in [-0.2, 0) is 24.7 Å². The second kappa shape index (κ2) is 8.35. The van der Waals surface area contributed by atoms with Gasteiger partial charge in [0.05, 0.1) is 11.1 Å². The molecule has 1 aliphatic rings. The Hall–Kier alpha value is -1.34. The summed E-state index contributed by atoms with van der Waals surface area (Å²) in [6.07, 6.45) is 5.36. The first-order valence-electron chi connectivity index (χ1n) is 9.69. The molecule has 0 saturated heterocycles. The first kappa shape index (κ1) is 20.4. The molecule has 0 spiro atoms. The summed E-state index contributed by atoms with van der Waals surface area (Å²) in [7, 11) is 3.62. The number of aromatic nitrogens is 2. The SMILES string of the molecule is CC(C)CC(C)N(C)C(=O)CSc1nc2sc3c(c2c(=O)n1C)CCCC3. The van der Waals surface area contributed by atoms with Crippen molar-refractivity contribution in [2.24, 2.45) is 13.0 Å². The predicted octanol–water partition coefficient (Wildman–Crippen LogP) is 3.86. The second-order valence-electron chi connectivity index (χ2n) is 7.92. The average Bonchev–Trinajstić information content (AvgIpc) is 3.00. The van der Waals surface area contributed by atoms with Gasteiger partial charge in [0.25, 0.3) is 5.56 Å². The van der Waals surface area contributed by atoms with Crippen LogP contribution in [0.15, 0.2) is 9.95 Å². The van der Waals surface area contributed by atoms with Crippen LogP contribution >= 0.6 is 23.1 Å². The average molecular weight is 408 g/mol. The zero-order valence-corrected chi connectivity index (χ0v) is 18.5. The lowest BCUT2D eigenvalue weighted by Gasteiger charge is -2.26. The zero-order chi connectivity index (χ0) is 19.7. The molecular formula is C20H29N3O2S2. The maximum absolute atomic E-state index is 12.9. The molecule has 2 aromatic heterocycles. The van der Waals surface area contributed by atoms with Gasteiger partial charge in [-0.05, 0) is 50.5 Å². The Morgan fingerprint density at radius 2 is 2.00 bits per heavy atom. The first-order chi connectivity index (χ1) is 12.8. The molecule has 0 saturated carbocycles. The lowest BCUT2D eigenvalue weighted by atomic mass is 9.97. The molecule has 5 nitrogen and oxygen atoms in total. The molecule has 148 valence electrons. The highest BCUT2D eigenvalue weighted by Gasteiger charge is 2.22. The van der Waals surface area contributed by atoms with Gasteiger partial charge in [-0.1, -0.05) is 25.6 Å². The van der Waals surface area contributed by atoms with Gasteiger partial charge in [-0.15, -0.1) is 11.3 Å². The van der Waals surface area contributed by atoms with E-state index in [4.69, 9.17) is 4.98 Å². The topological polar surface area (TPSA) is 55.2 Å². The summed E-state index contributed by atoms with van der Waals surface area (Å²) in [4.78, 5) is 34.2. The summed E-state index contributed by atoms with van der Waals surface area (Å²) in [5.74, 6) is 0.932. The van der Waals surface area contributed by atoms with Crippen LogP contribution in [0.3, 0.4) is 0 Å². The highest BCUT2D eigenvalue weighted by molar-refractivity contribution is 7.99. The van der Waals surface area contributed by atoms with Crippen LogP contribution in [0, 0.1) is 5.92 Å². The van der Waals surface area contributed by atoms with Gasteiger partial charge in [-0.2, -0.15) is 0 Å². The van der Waals surface area contributed by atoms with Crippen molar-refractivity contribution >= 4 is 39.2 Å². The van der Waals surface area contributed by atoms with Crippen LogP contribution < -0.4 is 5.56 Å². The van der Waals surface area contributed by atoms with E-state index in [1.165, 1.54) is 28.6 Å². The van der Waals surface area contributed by atoms with E-state index in [9.17, 15) is 9.59 Å². The van der Waals surface area contributed by atoms with Gasteiger partial charge in [-0.3, -0.25) is 14.2 Å². The number of carbonyl (C=O) groups is 1. The summed E-state index contributed by atoms with van der Waals surface area (Å²) in [6, 6.07) is 0.210. The lowest BCUT2D eigenvalue weighted by molar-refractivity contribution is -0.129. The van der Waals surface area contributed by atoms with Crippen LogP contribution in [0.25, 0.3) is 10.2 Å². The van der Waals surface area contributed by atoms with Crippen LogP contribution in [0.1, 0.15) is 50.5 Å². The minimum Gasteiger partial charge on any atom is -0.342 e. The summed E-state index contributed by atoms with van der Waals surface area (Å²) in [5, 5.41) is 1.43. The van der Waals surface area contributed by atoms with Crippen molar-refractivity contribution in [3.63, 3.8) is 0 Å². The van der Waals surface area contributed by atoms with Crippen molar-refractivity contribution in [2.75, 3.05) is 12.8 Å². The molecule has 1 atom stereocenters. The Bertz CT molecular complexity index is 901. The van der Waals surface area contributed by atoms with Crippen LogP contribution in [0.2, 0.25) is 0 Å². The maximum atomic E-state index is 12.9. The fraction of sp³-hybridized carbons (Fsp3) is 0.650. The summed E-state index contributed by atoms with van der Waals surface area (Å²) < 4.78 is 1.61. The molecule has 2 heterocycles. The molecule has 0 radical (unpaired) electrons. The lowest BCUT2D eigenvalue weighted by Crippen LogP contribution is -2.37. The second-order valence-corrected chi connectivity index (χ2v) is 9.95. The minimum absolute atomic E-state index is 0.0240. The molecular weight excluding hydrogens is 378 g/mol. The highest BCUT2D eigenvalue weighted by Crippen LogP contribution is 2.34. The molecule has 1 unspecified atom stereocenters. The Balaban J connectivity index is 1.78. The molecule has 1 amide bonds.